The minimum absolute atomic E-state index is 0. The third-order valence-corrected chi connectivity index (χ3v) is 4.78. The standard InChI is InChI=1S/2C7H11.Zn/c2*1-2-7-4-3-6(1)5-7;/h2*6H,1-5H2;/q2*-1;+2. The van der Waals surface area contributed by atoms with E-state index in [9.17, 15) is 0 Å². The third kappa shape index (κ3) is 2.84. The molecule has 0 aromatic carbocycles. The molecule has 4 rings (SSSR count). The van der Waals surface area contributed by atoms with Crippen LogP contribution >= 0.6 is 0 Å². The Morgan fingerprint density at radius 2 is 0.933 bits per heavy atom. The van der Waals surface area contributed by atoms with Gasteiger partial charge in [-0.3, -0.25) is 0 Å². The quantitative estimate of drug-likeness (QED) is 0.447. The molecule has 0 heterocycles. The van der Waals surface area contributed by atoms with E-state index in [2.05, 4.69) is 0 Å². The zero-order chi connectivity index (χ0) is 9.38. The zero-order valence-electron chi connectivity index (χ0n) is 9.93. The summed E-state index contributed by atoms with van der Waals surface area (Å²) in [6.45, 7) is 0. The molecule has 4 aliphatic rings. The second-order valence-electron chi connectivity index (χ2n) is 5.79. The molecular weight excluding hydrogens is 234 g/mol. The zero-order valence-corrected chi connectivity index (χ0v) is 12.9. The van der Waals surface area contributed by atoms with Crippen LogP contribution in [0.2, 0.25) is 0 Å². The molecule has 0 unspecified atom stereocenters. The fourth-order valence-corrected chi connectivity index (χ4v) is 3.80. The maximum absolute atomic E-state index is 1.87. The molecule has 0 aromatic rings. The van der Waals surface area contributed by atoms with Crippen molar-refractivity contribution in [2.45, 2.75) is 64.2 Å². The molecule has 4 aliphatic carbocycles. The summed E-state index contributed by atoms with van der Waals surface area (Å²) in [5.41, 5.74) is 0. The molecule has 0 aromatic heterocycles. The summed E-state index contributed by atoms with van der Waals surface area (Å²) in [4.78, 5) is 0. The summed E-state index contributed by atoms with van der Waals surface area (Å²) in [6, 6.07) is 0. The molecule has 0 nitrogen and oxygen atoms in total. The first-order valence-electron chi connectivity index (χ1n) is 6.57. The number of hydrogen-bond donors (Lipinski definition) is 0. The molecule has 80 valence electrons. The predicted octanol–water partition coefficient (Wildman–Crippen LogP) is 4.31. The van der Waals surface area contributed by atoms with Crippen LogP contribution < -0.4 is 0 Å². The van der Waals surface area contributed by atoms with Gasteiger partial charge in [0.1, 0.15) is 0 Å². The molecule has 0 amide bonds. The fourth-order valence-electron chi connectivity index (χ4n) is 3.80. The molecule has 4 fully saturated rings. The van der Waals surface area contributed by atoms with Gasteiger partial charge in [-0.2, -0.15) is 38.5 Å². The summed E-state index contributed by atoms with van der Waals surface area (Å²) < 4.78 is 0. The van der Waals surface area contributed by atoms with Crippen LogP contribution in [0.4, 0.5) is 0 Å². The first kappa shape index (κ1) is 12.1. The maximum Gasteiger partial charge on any atom is 2.00 e. The van der Waals surface area contributed by atoms with Crippen molar-refractivity contribution in [1.29, 1.82) is 0 Å². The van der Waals surface area contributed by atoms with Crippen molar-refractivity contribution in [3.05, 3.63) is 11.8 Å². The first-order valence-corrected chi connectivity index (χ1v) is 6.57. The van der Waals surface area contributed by atoms with E-state index in [1.807, 2.05) is 11.8 Å². The molecule has 15 heavy (non-hydrogen) atoms. The van der Waals surface area contributed by atoms with Crippen LogP contribution in [0.25, 0.3) is 0 Å². The summed E-state index contributed by atoms with van der Waals surface area (Å²) >= 11 is 0. The molecule has 0 spiro atoms. The largest absolute Gasteiger partial charge is 2.00 e. The van der Waals surface area contributed by atoms with Crippen molar-refractivity contribution >= 4 is 0 Å². The van der Waals surface area contributed by atoms with E-state index in [1.54, 1.807) is 0 Å². The van der Waals surface area contributed by atoms with E-state index in [4.69, 9.17) is 0 Å². The predicted molar refractivity (Wildman–Crippen MR) is 59.6 cm³/mol. The number of hydrogen-bond acceptors (Lipinski definition) is 0. The van der Waals surface area contributed by atoms with Gasteiger partial charge in [0.25, 0.3) is 0 Å². The van der Waals surface area contributed by atoms with Crippen LogP contribution in [0, 0.1) is 23.7 Å². The summed E-state index contributed by atoms with van der Waals surface area (Å²) in [5, 5.41) is 0. The SMILES string of the molecule is C1CC2CC[C-]1C2.C1CC2CC[C-]1C2.[Zn+2]. The van der Waals surface area contributed by atoms with Crippen molar-refractivity contribution in [1.82, 2.24) is 0 Å². The summed E-state index contributed by atoms with van der Waals surface area (Å²) in [6.07, 6.45) is 15.0. The monoisotopic (exact) mass is 254 g/mol. The molecule has 1 heteroatoms. The Morgan fingerprint density at radius 3 is 1.00 bits per heavy atom. The molecule has 0 atom stereocenters. The topological polar surface area (TPSA) is 0 Å². The first-order chi connectivity index (χ1) is 6.90. The average Bonchev–Trinajstić information content (AvgIpc) is 3.01. The van der Waals surface area contributed by atoms with Crippen molar-refractivity contribution in [2.75, 3.05) is 0 Å². The van der Waals surface area contributed by atoms with Gasteiger partial charge in [0, 0.05) is 0 Å². The van der Waals surface area contributed by atoms with E-state index in [0.717, 1.165) is 11.8 Å². The van der Waals surface area contributed by atoms with Crippen molar-refractivity contribution < 1.29 is 19.5 Å². The fraction of sp³-hybridized carbons (Fsp3) is 0.857. The van der Waals surface area contributed by atoms with Crippen LogP contribution in [-0.2, 0) is 19.5 Å². The molecule has 4 bridgehead atoms. The van der Waals surface area contributed by atoms with E-state index in [0.29, 0.717) is 0 Å². The number of fused-ring (bicyclic) bond motifs is 4. The van der Waals surface area contributed by atoms with Gasteiger partial charge in [-0.05, 0) is 0 Å². The van der Waals surface area contributed by atoms with Crippen LogP contribution in [0.3, 0.4) is 0 Å². The van der Waals surface area contributed by atoms with Crippen molar-refractivity contribution in [2.24, 2.45) is 11.8 Å². The smallest absolute Gasteiger partial charge is 0.313 e. The van der Waals surface area contributed by atoms with E-state index in [1.165, 1.54) is 64.2 Å². The van der Waals surface area contributed by atoms with E-state index < -0.39 is 0 Å². The Hall–Kier alpha value is 0.623. The van der Waals surface area contributed by atoms with Crippen LogP contribution in [0.15, 0.2) is 0 Å². The molecule has 0 N–H and O–H groups in total. The molecule has 0 aliphatic heterocycles. The molecule has 0 radical (unpaired) electrons. The van der Waals surface area contributed by atoms with E-state index >= 15 is 0 Å². The van der Waals surface area contributed by atoms with Gasteiger partial charge in [0.2, 0.25) is 0 Å². The second-order valence-corrected chi connectivity index (χ2v) is 5.79. The van der Waals surface area contributed by atoms with Crippen LogP contribution in [-0.4, -0.2) is 0 Å². The van der Waals surface area contributed by atoms with Gasteiger partial charge >= 0.3 is 19.5 Å². The van der Waals surface area contributed by atoms with Gasteiger partial charge < -0.3 is 11.8 Å². The van der Waals surface area contributed by atoms with Gasteiger partial charge in [-0.25, -0.2) is 0 Å². The number of rotatable bonds is 0. The Bertz CT molecular complexity index is 144. The van der Waals surface area contributed by atoms with Crippen LogP contribution in [0.5, 0.6) is 0 Å². The Labute approximate surface area is 107 Å². The Kier molecular flexibility index (Phi) is 4.27. The molecule has 0 saturated heterocycles. The summed E-state index contributed by atoms with van der Waals surface area (Å²) in [5.74, 6) is 6.00. The van der Waals surface area contributed by atoms with Gasteiger partial charge in [-0.15, -0.1) is 0 Å². The van der Waals surface area contributed by atoms with Gasteiger partial charge in [0.05, 0.1) is 0 Å². The minimum Gasteiger partial charge on any atom is -0.313 e. The second kappa shape index (κ2) is 5.30. The Balaban J connectivity index is 0.000000107. The average molecular weight is 256 g/mol. The van der Waals surface area contributed by atoms with Gasteiger partial charge in [-0.1, -0.05) is 37.5 Å². The van der Waals surface area contributed by atoms with Gasteiger partial charge in [0.15, 0.2) is 0 Å². The van der Waals surface area contributed by atoms with E-state index in [-0.39, 0.29) is 19.5 Å². The van der Waals surface area contributed by atoms with Crippen molar-refractivity contribution in [3.63, 3.8) is 0 Å². The van der Waals surface area contributed by atoms with Crippen molar-refractivity contribution in [3.8, 4) is 0 Å². The Morgan fingerprint density at radius 1 is 0.600 bits per heavy atom. The van der Waals surface area contributed by atoms with Crippen LogP contribution in [0.1, 0.15) is 64.2 Å². The molecule has 4 saturated carbocycles. The normalized spacial score (nSPS) is 30.4. The maximum atomic E-state index is 1.87. The molecular formula is C14H22Zn. The third-order valence-electron chi connectivity index (χ3n) is 4.78. The summed E-state index contributed by atoms with van der Waals surface area (Å²) in [7, 11) is 0. The minimum atomic E-state index is 0.